The summed E-state index contributed by atoms with van der Waals surface area (Å²) in [5.74, 6) is 0. The normalized spacial score (nSPS) is 11.7. The van der Waals surface area contributed by atoms with E-state index in [-0.39, 0.29) is 0 Å². The Morgan fingerprint density at radius 2 is 1.75 bits per heavy atom. The Morgan fingerprint density at radius 3 is 2.17 bits per heavy atom. The van der Waals surface area contributed by atoms with Crippen molar-refractivity contribution in [2.24, 2.45) is 0 Å². The number of alkyl halides is 3. The van der Waals surface area contributed by atoms with Gasteiger partial charge >= 0.3 is 3.26 Å². The van der Waals surface area contributed by atoms with E-state index >= 15 is 0 Å². The molecule has 66 valence electrons. The molecule has 0 nitrogen and oxygen atoms in total. The van der Waals surface area contributed by atoms with Crippen LogP contribution in [0, 0.1) is 0 Å². The number of thioether (sulfide) groups is 1. The van der Waals surface area contributed by atoms with Gasteiger partial charge in [-0.15, -0.1) is 0 Å². The molecule has 0 N–H and O–H groups in total. The maximum Gasteiger partial charge on any atom is 0.347 e. The van der Waals surface area contributed by atoms with E-state index in [9.17, 15) is 8.78 Å². The molecule has 1 aromatic rings. The Hall–Kier alpha value is 0.450. The van der Waals surface area contributed by atoms with Crippen LogP contribution in [0.5, 0.6) is 0 Å². The highest BCUT2D eigenvalue weighted by Gasteiger charge is 2.24. The van der Waals surface area contributed by atoms with E-state index in [1.807, 2.05) is 0 Å². The zero-order chi connectivity index (χ0) is 9.19. The van der Waals surface area contributed by atoms with Crippen LogP contribution in [0.2, 0.25) is 5.02 Å². The predicted molar refractivity (Wildman–Crippen MR) is 56.3 cm³/mol. The van der Waals surface area contributed by atoms with Crippen LogP contribution in [-0.2, 0) is 0 Å². The van der Waals surface area contributed by atoms with Crippen LogP contribution in [0.3, 0.4) is 0 Å². The van der Waals surface area contributed by atoms with Crippen molar-refractivity contribution in [3.8, 4) is 0 Å². The van der Waals surface area contributed by atoms with Crippen molar-refractivity contribution in [2.75, 3.05) is 0 Å². The van der Waals surface area contributed by atoms with Crippen LogP contribution in [-0.4, -0.2) is 3.26 Å². The summed E-state index contributed by atoms with van der Waals surface area (Å²) < 4.78 is 22.1. The van der Waals surface area contributed by atoms with Gasteiger partial charge < -0.3 is 0 Å². The standard InChI is InChI=1S/C7H4ClF2IS/c8-5-1-3-6(4-2-5)12-7(9,10)11/h1-4H. The van der Waals surface area contributed by atoms with Gasteiger partial charge in [0.25, 0.3) is 0 Å². The van der Waals surface area contributed by atoms with Gasteiger partial charge in [-0.05, 0) is 36.0 Å². The second kappa shape index (κ2) is 4.11. The molecule has 0 saturated heterocycles. The molecule has 0 spiro atoms. The first-order chi connectivity index (χ1) is 5.47. The smallest absolute Gasteiger partial charge is 0.183 e. The first-order valence-electron chi connectivity index (χ1n) is 2.99. The second-order valence-corrected chi connectivity index (χ2v) is 5.71. The Bertz CT molecular complexity index is 257. The average molecular weight is 321 g/mol. The van der Waals surface area contributed by atoms with Gasteiger partial charge in [0.05, 0.1) is 0 Å². The van der Waals surface area contributed by atoms with Crippen molar-refractivity contribution < 1.29 is 8.78 Å². The maximum atomic E-state index is 12.4. The van der Waals surface area contributed by atoms with Crippen molar-refractivity contribution in [1.82, 2.24) is 0 Å². The van der Waals surface area contributed by atoms with Crippen molar-refractivity contribution >= 4 is 46.0 Å². The van der Waals surface area contributed by atoms with Crippen LogP contribution in [0.4, 0.5) is 8.78 Å². The molecule has 12 heavy (non-hydrogen) atoms. The molecule has 5 heteroatoms. The summed E-state index contributed by atoms with van der Waals surface area (Å²) in [7, 11) is 0. The zero-order valence-electron chi connectivity index (χ0n) is 5.73. The van der Waals surface area contributed by atoms with Gasteiger partial charge in [-0.1, -0.05) is 11.6 Å². The van der Waals surface area contributed by atoms with E-state index < -0.39 is 3.26 Å². The zero-order valence-corrected chi connectivity index (χ0v) is 9.46. The predicted octanol–water partition coefficient (Wildman–Crippen LogP) is 4.42. The highest BCUT2D eigenvalue weighted by atomic mass is 127. The summed E-state index contributed by atoms with van der Waals surface area (Å²) >= 11 is 7.17. The van der Waals surface area contributed by atoms with Gasteiger partial charge in [0.15, 0.2) is 0 Å². The Morgan fingerprint density at radius 1 is 1.25 bits per heavy atom. The van der Waals surface area contributed by atoms with Crippen LogP contribution >= 0.6 is 46.0 Å². The molecule has 0 aliphatic rings. The molecule has 0 amide bonds. The van der Waals surface area contributed by atoms with Crippen LogP contribution in [0.15, 0.2) is 29.2 Å². The number of hydrogen-bond donors (Lipinski definition) is 0. The lowest BCUT2D eigenvalue weighted by Crippen LogP contribution is -1.95. The molecule has 0 fully saturated rings. The van der Waals surface area contributed by atoms with Gasteiger partial charge in [-0.3, -0.25) is 0 Å². The summed E-state index contributed by atoms with van der Waals surface area (Å²) in [5, 5.41) is 0.552. The molecule has 1 aromatic carbocycles. The molecule has 0 aliphatic carbocycles. The van der Waals surface area contributed by atoms with E-state index in [2.05, 4.69) is 0 Å². The van der Waals surface area contributed by atoms with E-state index in [1.165, 1.54) is 0 Å². The minimum Gasteiger partial charge on any atom is -0.183 e. The van der Waals surface area contributed by atoms with Crippen molar-refractivity contribution in [3.63, 3.8) is 0 Å². The minimum absolute atomic E-state index is 0.504. The molecule has 0 saturated carbocycles. The van der Waals surface area contributed by atoms with Crippen LogP contribution in [0.25, 0.3) is 0 Å². The summed E-state index contributed by atoms with van der Waals surface area (Å²) in [5.41, 5.74) is 0. The van der Waals surface area contributed by atoms with Crippen molar-refractivity contribution in [3.05, 3.63) is 29.3 Å². The fraction of sp³-hybridized carbons (Fsp3) is 0.143. The molecule has 0 unspecified atom stereocenters. The van der Waals surface area contributed by atoms with E-state index in [1.54, 1.807) is 24.3 Å². The fourth-order valence-electron chi connectivity index (χ4n) is 0.636. The van der Waals surface area contributed by atoms with Gasteiger partial charge in [-0.2, -0.15) is 8.78 Å². The van der Waals surface area contributed by atoms with E-state index in [0.717, 1.165) is 22.6 Å². The first-order valence-corrected chi connectivity index (χ1v) is 5.26. The summed E-state index contributed by atoms with van der Waals surface area (Å²) in [6, 6.07) is 6.32. The number of hydrogen-bond acceptors (Lipinski definition) is 1. The number of benzene rings is 1. The molecule has 0 aliphatic heterocycles. The van der Waals surface area contributed by atoms with E-state index in [0.29, 0.717) is 21.7 Å². The summed E-state index contributed by atoms with van der Waals surface area (Å²) in [6.45, 7) is 0. The van der Waals surface area contributed by atoms with Crippen LogP contribution in [0.1, 0.15) is 0 Å². The maximum absolute atomic E-state index is 12.4. The van der Waals surface area contributed by atoms with Crippen molar-refractivity contribution in [2.45, 2.75) is 8.16 Å². The third-order valence-electron chi connectivity index (χ3n) is 1.05. The van der Waals surface area contributed by atoms with Crippen LogP contribution < -0.4 is 0 Å². The lowest BCUT2D eigenvalue weighted by Gasteiger charge is -2.06. The molecular weight excluding hydrogens is 316 g/mol. The minimum atomic E-state index is -2.76. The Labute approximate surface area is 91.8 Å². The Kier molecular flexibility index (Phi) is 3.60. The van der Waals surface area contributed by atoms with Gasteiger partial charge in [0, 0.05) is 32.5 Å². The topological polar surface area (TPSA) is 0 Å². The largest absolute Gasteiger partial charge is 0.347 e. The third kappa shape index (κ3) is 3.91. The molecule has 1 rings (SSSR count). The number of rotatable bonds is 2. The lowest BCUT2D eigenvalue weighted by atomic mass is 10.4. The molecular formula is C7H4ClF2IS. The summed E-state index contributed by atoms with van der Waals surface area (Å²) in [4.78, 5) is 0.513. The van der Waals surface area contributed by atoms with Gasteiger partial charge in [0.2, 0.25) is 0 Å². The highest BCUT2D eigenvalue weighted by molar-refractivity contribution is 14.1. The monoisotopic (exact) mass is 320 g/mol. The summed E-state index contributed by atoms with van der Waals surface area (Å²) in [6.07, 6.45) is 0. The van der Waals surface area contributed by atoms with Crippen molar-refractivity contribution in [1.29, 1.82) is 0 Å². The Balaban J connectivity index is 2.71. The molecule has 0 atom stereocenters. The highest BCUT2D eigenvalue weighted by Crippen LogP contribution is 2.41. The fourth-order valence-corrected chi connectivity index (χ4v) is 2.06. The molecule has 0 heterocycles. The molecule has 0 bridgehead atoms. The molecule has 0 radical (unpaired) electrons. The van der Waals surface area contributed by atoms with E-state index in [4.69, 9.17) is 11.6 Å². The third-order valence-corrected chi connectivity index (χ3v) is 2.70. The first kappa shape index (κ1) is 10.5. The average Bonchev–Trinajstić information content (AvgIpc) is 1.91. The lowest BCUT2D eigenvalue weighted by molar-refractivity contribution is 0.232. The SMILES string of the molecule is FC(F)(I)Sc1ccc(Cl)cc1. The quantitative estimate of drug-likeness (QED) is 0.442. The number of halogens is 4. The second-order valence-electron chi connectivity index (χ2n) is 2.00. The van der Waals surface area contributed by atoms with Gasteiger partial charge in [0.1, 0.15) is 0 Å². The molecule has 0 aromatic heterocycles. The van der Waals surface area contributed by atoms with Gasteiger partial charge in [-0.25, -0.2) is 0 Å².